The molecule has 2 rings (SSSR count). The Morgan fingerprint density at radius 3 is 2.47 bits per heavy atom. The molecule has 8 heteroatoms. The van der Waals surface area contributed by atoms with Crippen LogP contribution in [-0.2, 0) is 23.9 Å². The summed E-state index contributed by atoms with van der Waals surface area (Å²) in [5.41, 5.74) is 0.647. The van der Waals surface area contributed by atoms with Crippen LogP contribution in [0, 0.1) is 5.92 Å². The molecular weight excluding hydrogens is 390 g/mol. The van der Waals surface area contributed by atoms with Gasteiger partial charge in [-0.1, -0.05) is 0 Å². The zero-order valence-electron chi connectivity index (χ0n) is 17.9. The van der Waals surface area contributed by atoms with Crippen LogP contribution in [0.2, 0.25) is 0 Å². The van der Waals surface area contributed by atoms with Gasteiger partial charge in [-0.2, -0.15) is 0 Å². The Morgan fingerprint density at radius 1 is 1.17 bits per heavy atom. The summed E-state index contributed by atoms with van der Waals surface area (Å²) in [6, 6.07) is 5.21. The van der Waals surface area contributed by atoms with Crippen LogP contribution in [0.1, 0.15) is 32.3 Å². The van der Waals surface area contributed by atoms with Crippen LogP contribution in [0.5, 0.6) is 11.5 Å². The van der Waals surface area contributed by atoms with Gasteiger partial charge in [0.25, 0.3) is 5.91 Å². The lowest BCUT2D eigenvalue weighted by molar-refractivity contribution is -0.157. The van der Waals surface area contributed by atoms with Crippen molar-refractivity contribution in [3.8, 4) is 11.5 Å². The number of hydrogen-bond donors (Lipinski definition) is 0. The standard InChI is InChI=1S/C22H29NO7/c1-5-29-22(26)16-10-12-23(13-11-16)21(25)15(2)30-20(24)9-6-17-14-18(27-3)7-8-19(17)28-4/h6-9,14-16H,5,10-13H2,1-4H3/b9-6+. The van der Waals surface area contributed by atoms with Crippen molar-refractivity contribution in [3.05, 3.63) is 29.8 Å². The first-order valence-corrected chi connectivity index (χ1v) is 9.95. The molecule has 164 valence electrons. The highest BCUT2D eigenvalue weighted by Gasteiger charge is 2.31. The third kappa shape index (κ3) is 6.23. The Morgan fingerprint density at radius 2 is 1.87 bits per heavy atom. The van der Waals surface area contributed by atoms with Crippen molar-refractivity contribution >= 4 is 23.9 Å². The molecule has 0 saturated carbocycles. The van der Waals surface area contributed by atoms with Gasteiger partial charge in [-0.25, -0.2) is 4.79 Å². The molecule has 1 aliphatic rings. The number of rotatable bonds is 8. The monoisotopic (exact) mass is 419 g/mol. The molecule has 0 bridgehead atoms. The fourth-order valence-corrected chi connectivity index (χ4v) is 3.24. The number of ether oxygens (including phenoxy) is 4. The molecule has 0 radical (unpaired) electrons. The number of methoxy groups -OCH3 is 2. The first-order chi connectivity index (χ1) is 14.4. The summed E-state index contributed by atoms with van der Waals surface area (Å²) in [6.45, 7) is 4.52. The average molecular weight is 419 g/mol. The minimum absolute atomic E-state index is 0.187. The van der Waals surface area contributed by atoms with Crippen LogP contribution in [-0.4, -0.2) is 62.8 Å². The van der Waals surface area contributed by atoms with Gasteiger partial charge in [-0.05, 0) is 51.0 Å². The molecule has 1 amide bonds. The fraction of sp³-hybridized carbons (Fsp3) is 0.500. The molecule has 0 spiro atoms. The lowest BCUT2D eigenvalue weighted by atomic mass is 9.97. The second-order valence-electron chi connectivity index (χ2n) is 6.87. The first kappa shape index (κ1) is 23.3. The lowest BCUT2D eigenvalue weighted by Gasteiger charge is -2.32. The molecule has 1 atom stereocenters. The minimum Gasteiger partial charge on any atom is -0.497 e. The maximum atomic E-state index is 12.6. The van der Waals surface area contributed by atoms with Crippen molar-refractivity contribution in [2.45, 2.75) is 32.8 Å². The second-order valence-corrected chi connectivity index (χ2v) is 6.87. The summed E-state index contributed by atoms with van der Waals surface area (Å²) in [5, 5.41) is 0. The number of benzene rings is 1. The van der Waals surface area contributed by atoms with Crippen molar-refractivity contribution in [1.82, 2.24) is 4.90 Å². The van der Waals surface area contributed by atoms with Gasteiger partial charge in [-0.15, -0.1) is 0 Å². The topological polar surface area (TPSA) is 91.4 Å². The smallest absolute Gasteiger partial charge is 0.331 e. The van der Waals surface area contributed by atoms with Crippen LogP contribution < -0.4 is 9.47 Å². The van der Waals surface area contributed by atoms with Crippen LogP contribution >= 0.6 is 0 Å². The second kappa shape index (κ2) is 11.2. The molecule has 1 heterocycles. The van der Waals surface area contributed by atoms with Gasteiger partial charge < -0.3 is 23.8 Å². The maximum Gasteiger partial charge on any atom is 0.331 e. The summed E-state index contributed by atoms with van der Waals surface area (Å²) in [7, 11) is 3.08. The number of piperidine rings is 1. The summed E-state index contributed by atoms with van der Waals surface area (Å²) < 4.78 is 20.7. The molecule has 0 N–H and O–H groups in total. The highest BCUT2D eigenvalue weighted by molar-refractivity contribution is 5.90. The molecule has 1 unspecified atom stereocenters. The van der Waals surface area contributed by atoms with Gasteiger partial charge in [0.15, 0.2) is 6.10 Å². The highest BCUT2D eigenvalue weighted by atomic mass is 16.5. The molecule has 30 heavy (non-hydrogen) atoms. The Kier molecular flexibility index (Phi) is 8.70. The van der Waals surface area contributed by atoms with E-state index in [1.54, 1.807) is 43.2 Å². The number of carbonyl (C=O) groups excluding carboxylic acids is 3. The number of hydrogen-bond acceptors (Lipinski definition) is 7. The number of likely N-dealkylation sites (tertiary alicyclic amines) is 1. The van der Waals surface area contributed by atoms with Gasteiger partial charge in [0.2, 0.25) is 0 Å². The molecule has 8 nitrogen and oxygen atoms in total. The summed E-state index contributed by atoms with van der Waals surface area (Å²) in [5.74, 6) is -0.123. The van der Waals surface area contributed by atoms with Crippen molar-refractivity contribution in [3.63, 3.8) is 0 Å². The number of amides is 1. The summed E-state index contributed by atoms with van der Waals surface area (Å²) >= 11 is 0. The highest BCUT2D eigenvalue weighted by Crippen LogP contribution is 2.25. The zero-order chi connectivity index (χ0) is 22.1. The predicted molar refractivity (Wildman–Crippen MR) is 110 cm³/mol. The fourth-order valence-electron chi connectivity index (χ4n) is 3.24. The van der Waals surface area contributed by atoms with Gasteiger partial charge in [0.1, 0.15) is 11.5 Å². The molecule has 1 aliphatic heterocycles. The Bertz CT molecular complexity index is 782. The van der Waals surface area contributed by atoms with E-state index in [4.69, 9.17) is 18.9 Å². The molecule has 1 saturated heterocycles. The van der Waals surface area contributed by atoms with Crippen molar-refractivity contribution < 1.29 is 33.3 Å². The predicted octanol–water partition coefficient (Wildman–Crippen LogP) is 2.45. The van der Waals surface area contributed by atoms with Crippen LogP contribution in [0.25, 0.3) is 6.08 Å². The van der Waals surface area contributed by atoms with Gasteiger partial charge in [0.05, 0.1) is 26.7 Å². The van der Waals surface area contributed by atoms with Crippen molar-refractivity contribution in [2.24, 2.45) is 5.92 Å². The number of nitrogens with zero attached hydrogens (tertiary/aromatic N) is 1. The third-order valence-electron chi connectivity index (χ3n) is 4.90. The normalized spacial score (nSPS) is 15.5. The maximum absolute atomic E-state index is 12.6. The van der Waals surface area contributed by atoms with Crippen molar-refractivity contribution in [1.29, 1.82) is 0 Å². The van der Waals surface area contributed by atoms with Crippen molar-refractivity contribution in [2.75, 3.05) is 33.9 Å². The average Bonchev–Trinajstić information content (AvgIpc) is 2.77. The van der Waals surface area contributed by atoms with Crippen LogP contribution in [0.15, 0.2) is 24.3 Å². The zero-order valence-corrected chi connectivity index (χ0v) is 17.9. The van der Waals surface area contributed by atoms with E-state index in [9.17, 15) is 14.4 Å². The van der Waals surface area contributed by atoms with Crippen LogP contribution in [0.3, 0.4) is 0 Å². The summed E-state index contributed by atoms with van der Waals surface area (Å²) in [6.07, 6.45) is 2.95. The van der Waals surface area contributed by atoms with E-state index < -0.39 is 12.1 Å². The van der Waals surface area contributed by atoms with E-state index in [2.05, 4.69) is 0 Å². The van der Waals surface area contributed by atoms with Crippen LogP contribution in [0.4, 0.5) is 0 Å². The Hall–Kier alpha value is -3.03. The largest absolute Gasteiger partial charge is 0.497 e. The third-order valence-corrected chi connectivity index (χ3v) is 4.90. The minimum atomic E-state index is -0.923. The summed E-state index contributed by atoms with van der Waals surface area (Å²) in [4.78, 5) is 38.2. The lowest BCUT2D eigenvalue weighted by Crippen LogP contribution is -2.45. The quantitative estimate of drug-likeness (QED) is 0.472. The molecule has 1 aromatic rings. The Balaban J connectivity index is 1.89. The number of esters is 2. The van der Waals surface area contributed by atoms with E-state index in [1.165, 1.54) is 20.1 Å². The molecule has 1 fully saturated rings. The van der Waals surface area contributed by atoms with Gasteiger partial charge >= 0.3 is 11.9 Å². The molecule has 0 aromatic heterocycles. The number of carbonyl (C=O) groups is 3. The first-order valence-electron chi connectivity index (χ1n) is 9.95. The van der Waals surface area contributed by atoms with E-state index >= 15 is 0 Å². The van der Waals surface area contributed by atoms with Gasteiger partial charge in [0, 0.05) is 24.7 Å². The van der Waals surface area contributed by atoms with E-state index in [1.807, 2.05) is 0 Å². The Labute approximate surface area is 176 Å². The SMILES string of the molecule is CCOC(=O)C1CCN(C(=O)C(C)OC(=O)/C=C/c2cc(OC)ccc2OC)CC1. The molecular formula is C22H29NO7. The molecule has 1 aromatic carbocycles. The molecule has 0 aliphatic carbocycles. The van der Waals surface area contributed by atoms with Gasteiger partial charge in [-0.3, -0.25) is 9.59 Å². The van der Waals surface area contributed by atoms with E-state index in [0.717, 1.165) is 0 Å². The van der Waals surface area contributed by atoms with E-state index in [0.29, 0.717) is 49.6 Å². The van der Waals surface area contributed by atoms with E-state index in [-0.39, 0.29) is 17.8 Å².